The molecule has 0 atom stereocenters. The third kappa shape index (κ3) is 3.32. The summed E-state index contributed by atoms with van der Waals surface area (Å²) in [6, 6.07) is 5.97. The van der Waals surface area contributed by atoms with Gasteiger partial charge in [-0.15, -0.1) is 11.3 Å². The second-order valence-corrected chi connectivity index (χ2v) is 6.54. The highest BCUT2D eigenvalue weighted by molar-refractivity contribution is 9.10. The summed E-state index contributed by atoms with van der Waals surface area (Å²) in [6.07, 6.45) is 0. The molecular formula is C13H14BrN3S2. The number of halogens is 1. The zero-order valence-corrected chi connectivity index (χ0v) is 13.9. The van der Waals surface area contributed by atoms with Gasteiger partial charge in [0.05, 0.1) is 17.7 Å². The Bertz CT molecular complexity index is 610. The van der Waals surface area contributed by atoms with Gasteiger partial charge >= 0.3 is 0 Å². The van der Waals surface area contributed by atoms with Gasteiger partial charge in [-0.2, -0.15) is 0 Å². The zero-order valence-electron chi connectivity index (χ0n) is 10.7. The molecule has 0 unspecified atom stereocenters. The molecule has 0 aliphatic heterocycles. The molecule has 0 bridgehead atoms. The largest absolute Gasteiger partial charge is 0.389 e. The lowest BCUT2D eigenvalue weighted by molar-refractivity contribution is 0.924. The molecule has 2 rings (SSSR count). The van der Waals surface area contributed by atoms with E-state index in [4.69, 9.17) is 18.0 Å². The van der Waals surface area contributed by atoms with E-state index in [9.17, 15) is 0 Å². The predicted molar refractivity (Wildman–Crippen MR) is 89.0 cm³/mol. The number of nitrogens with two attached hydrogens (primary N) is 1. The van der Waals surface area contributed by atoms with Crippen LogP contribution < -0.4 is 10.6 Å². The fourth-order valence-corrected chi connectivity index (χ4v) is 3.17. The molecule has 0 saturated carbocycles. The van der Waals surface area contributed by atoms with E-state index < -0.39 is 0 Å². The Hall–Kier alpha value is -0.980. The van der Waals surface area contributed by atoms with Crippen molar-refractivity contribution in [2.24, 2.45) is 5.73 Å². The lowest BCUT2D eigenvalue weighted by Crippen LogP contribution is -2.21. The van der Waals surface area contributed by atoms with E-state index in [1.54, 1.807) is 11.3 Å². The molecule has 0 fully saturated rings. The summed E-state index contributed by atoms with van der Waals surface area (Å²) >= 11 is 10.2. The summed E-state index contributed by atoms with van der Waals surface area (Å²) in [5.41, 5.74) is 10.7. The first kappa shape index (κ1) is 14.4. The summed E-state index contributed by atoms with van der Waals surface area (Å²) in [5.74, 6) is 0. The molecule has 0 spiro atoms. The van der Waals surface area contributed by atoms with Crippen LogP contribution in [0.1, 0.15) is 16.1 Å². The maximum atomic E-state index is 5.80. The van der Waals surface area contributed by atoms with Crippen LogP contribution in [0.2, 0.25) is 0 Å². The van der Waals surface area contributed by atoms with Gasteiger partial charge in [-0.1, -0.05) is 28.1 Å². The number of thiazole rings is 1. The Morgan fingerprint density at radius 2 is 2.26 bits per heavy atom. The molecule has 0 aliphatic carbocycles. The minimum atomic E-state index is 0.407. The van der Waals surface area contributed by atoms with E-state index in [0.717, 1.165) is 28.0 Å². The lowest BCUT2D eigenvalue weighted by Gasteiger charge is -2.22. The summed E-state index contributed by atoms with van der Waals surface area (Å²) < 4.78 is 0.974. The number of hydrogen-bond acceptors (Lipinski definition) is 4. The number of rotatable bonds is 4. The smallest absolute Gasteiger partial charge is 0.106 e. The molecule has 0 saturated heterocycles. The van der Waals surface area contributed by atoms with Crippen LogP contribution in [0.3, 0.4) is 0 Å². The minimum absolute atomic E-state index is 0.407. The third-order valence-electron chi connectivity index (χ3n) is 2.86. The van der Waals surface area contributed by atoms with Crippen molar-refractivity contribution < 1.29 is 0 Å². The van der Waals surface area contributed by atoms with Crippen LogP contribution in [0, 0.1) is 6.92 Å². The Morgan fingerprint density at radius 3 is 2.84 bits per heavy atom. The van der Waals surface area contributed by atoms with E-state index >= 15 is 0 Å². The topological polar surface area (TPSA) is 42.2 Å². The zero-order chi connectivity index (χ0) is 14.0. The molecule has 1 aromatic heterocycles. The molecule has 2 N–H and O–H groups in total. The van der Waals surface area contributed by atoms with E-state index in [1.165, 1.54) is 4.88 Å². The van der Waals surface area contributed by atoms with Crippen LogP contribution in [0.4, 0.5) is 5.69 Å². The standard InChI is InChI=1S/C13H14BrN3S2/c1-8-12(19-7-16-8)6-17(2)11-4-3-9(14)5-10(11)13(15)18/h3-5,7H,6H2,1-2H3,(H2,15,18). The van der Waals surface area contributed by atoms with E-state index in [1.807, 2.05) is 37.7 Å². The molecule has 100 valence electrons. The van der Waals surface area contributed by atoms with Crippen molar-refractivity contribution in [3.63, 3.8) is 0 Å². The number of aryl methyl sites for hydroxylation is 1. The average Bonchev–Trinajstić information content (AvgIpc) is 2.74. The number of benzene rings is 1. The molecule has 3 nitrogen and oxygen atoms in total. The van der Waals surface area contributed by atoms with E-state index in [-0.39, 0.29) is 0 Å². The number of anilines is 1. The molecule has 1 heterocycles. The SMILES string of the molecule is Cc1ncsc1CN(C)c1ccc(Br)cc1C(N)=S. The minimum Gasteiger partial charge on any atom is -0.389 e. The van der Waals surface area contributed by atoms with Crippen LogP contribution >= 0.6 is 39.5 Å². The van der Waals surface area contributed by atoms with Gasteiger partial charge in [-0.3, -0.25) is 0 Å². The number of aromatic nitrogens is 1. The maximum absolute atomic E-state index is 5.80. The van der Waals surface area contributed by atoms with Crippen LogP contribution in [-0.2, 0) is 6.54 Å². The fraction of sp³-hybridized carbons (Fsp3) is 0.231. The molecule has 2 aromatic rings. The lowest BCUT2D eigenvalue weighted by atomic mass is 10.1. The number of hydrogen-bond donors (Lipinski definition) is 1. The van der Waals surface area contributed by atoms with Crippen molar-refractivity contribution in [1.82, 2.24) is 4.98 Å². The van der Waals surface area contributed by atoms with Gasteiger partial charge in [0.2, 0.25) is 0 Å². The quantitative estimate of drug-likeness (QED) is 0.852. The first-order valence-corrected chi connectivity index (χ1v) is 7.76. The number of thiocarbonyl (C=S) groups is 1. The second-order valence-electron chi connectivity index (χ2n) is 4.24. The van der Waals surface area contributed by atoms with Gasteiger partial charge in [0.25, 0.3) is 0 Å². The van der Waals surface area contributed by atoms with Gasteiger partial charge in [-0.25, -0.2) is 4.98 Å². The molecule has 0 radical (unpaired) electrons. The summed E-state index contributed by atoms with van der Waals surface area (Å²) in [7, 11) is 2.03. The van der Waals surface area contributed by atoms with Crippen LogP contribution in [-0.4, -0.2) is 17.0 Å². The summed E-state index contributed by atoms with van der Waals surface area (Å²) in [5, 5.41) is 0. The van der Waals surface area contributed by atoms with Crippen molar-refractivity contribution in [2.75, 3.05) is 11.9 Å². The molecule has 6 heteroatoms. The summed E-state index contributed by atoms with van der Waals surface area (Å²) in [6.45, 7) is 2.82. The van der Waals surface area contributed by atoms with Gasteiger partial charge in [-0.05, 0) is 25.1 Å². The first-order valence-electron chi connectivity index (χ1n) is 5.68. The highest BCUT2D eigenvalue weighted by Gasteiger charge is 2.12. The Morgan fingerprint density at radius 1 is 1.53 bits per heavy atom. The van der Waals surface area contributed by atoms with Crippen molar-refractivity contribution in [2.45, 2.75) is 13.5 Å². The van der Waals surface area contributed by atoms with Gasteiger partial charge in [0.15, 0.2) is 0 Å². The van der Waals surface area contributed by atoms with E-state index in [0.29, 0.717) is 4.99 Å². The maximum Gasteiger partial charge on any atom is 0.106 e. The van der Waals surface area contributed by atoms with Crippen LogP contribution in [0.25, 0.3) is 0 Å². The van der Waals surface area contributed by atoms with Gasteiger partial charge in [0.1, 0.15) is 4.99 Å². The van der Waals surface area contributed by atoms with E-state index in [2.05, 4.69) is 25.8 Å². The van der Waals surface area contributed by atoms with Gasteiger partial charge in [0, 0.05) is 27.6 Å². The number of nitrogens with zero attached hydrogens (tertiary/aromatic N) is 2. The normalized spacial score (nSPS) is 10.5. The van der Waals surface area contributed by atoms with Crippen molar-refractivity contribution in [3.8, 4) is 0 Å². The van der Waals surface area contributed by atoms with Crippen molar-refractivity contribution in [1.29, 1.82) is 0 Å². The predicted octanol–water partition coefficient (Wildman–Crippen LogP) is 3.48. The molecule has 0 aliphatic rings. The monoisotopic (exact) mass is 355 g/mol. The fourth-order valence-electron chi connectivity index (χ4n) is 1.82. The molecule has 1 aromatic carbocycles. The molecular weight excluding hydrogens is 342 g/mol. The van der Waals surface area contributed by atoms with Crippen molar-refractivity contribution in [3.05, 3.63) is 44.3 Å². The summed E-state index contributed by atoms with van der Waals surface area (Å²) in [4.78, 5) is 8.07. The van der Waals surface area contributed by atoms with Gasteiger partial charge < -0.3 is 10.6 Å². The highest BCUT2D eigenvalue weighted by atomic mass is 79.9. The van der Waals surface area contributed by atoms with Crippen LogP contribution in [0.5, 0.6) is 0 Å². The molecule has 0 amide bonds. The Labute approximate surface area is 130 Å². The Balaban J connectivity index is 2.31. The average molecular weight is 356 g/mol. The third-order valence-corrected chi connectivity index (χ3v) is 4.49. The van der Waals surface area contributed by atoms with Crippen molar-refractivity contribution >= 4 is 50.2 Å². The Kier molecular flexibility index (Phi) is 4.54. The first-order chi connectivity index (χ1) is 8.99. The second kappa shape index (κ2) is 5.98. The van der Waals surface area contributed by atoms with Crippen LogP contribution in [0.15, 0.2) is 28.2 Å². The highest BCUT2D eigenvalue weighted by Crippen LogP contribution is 2.26. The molecule has 19 heavy (non-hydrogen) atoms.